The van der Waals surface area contributed by atoms with Crippen molar-refractivity contribution < 1.29 is 9.53 Å². The highest BCUT2D eigenvalue weighted by Gasteiger charge is 2.31. The molecule has 1 amide bonds. The predicted octanol–water partition coefficient (Wildman–Crippen LogP) is 4.48. The molecule has 2 aliphatic carbocycles. The number of ether oxygens (including phenoxy) is 1. The second kappa shape index (κ2) is 9.22. The Labute approximate surface area is 195 Å². The summed E-state index contributed by atoms with van der Waals surface area (Å²) in [4.78, 5) is 26.9. The van der Waals surface area contributed by atoms with Crippen molar-refractivity contribution in [3.63, 3.8) is 0 Å². The number of hydrogen-bond donors (Lipinski definition) is 0. The van der Waals surface area contributed by atoms with Crippen molar-refractivity contribution >= 4 is 5.91 Å². The minimum atomic E-state index is -0.00524. The van der Waals surface area contributed by atoms with Crippen LogP contribution in [0.2, 0.25) is 0 Å². The number of methoxy groups -OCH3 is 1. The Hall–Kier alpha value is -3.41. The molecule has 0 radical (unpaired) electrons. The fraction of sp³-hybridized carbons (Fsp3) is 0.370. The molecule has 6 nitrogen and oxygen atoms in total. The fourth-order valence-corrected chi connectivity index (χ4v) is 4.71. The van der Waals surface area contributed by atoms with E-state index in [-0.39, 0.29) is 5.91 Å². The lowest BCUT2D eigenvalue weighted by Gasteiger charge is -2.25. The van der Waals surface area contributed by atoms with Crippen LogP contribution < -0.4 is 4.74 Å². The fourth-order valence-electron chi connectivity index (χ4n) is 4.71. The van der Waals surface area contributed by atoms with Crippen LogP contribution in [-0.2, 0) is 0 Å². The van der Waals surface area contributed by atoms with Crippen LogP contribution in [0.25, 0.3) is 11.1 Å². The highest BCUT2D eigenvalue weighted by molar-refractivity contribution is 5.99. The molecule has 3 aliphatic rings. The molecule has 1 atom stereocenters. The monoisotopic (exact) mass is 442 g/mol. The number of allylic oxidation sites excluding steroid dienone is 2. The number of fused-ring (bicyclic) bond motifs is 1. The molecule has 170 valence electrons. The molecule has 1 fully saturated rings. The molecular weight excluding hydrogens is 412 g/mol. The Morgan fingerprint density at radius 1 is 1.24 bits per heavy atom. The highest BCUT2D eigenvalue weighted by Crippen LogP contribution is 2.35. The van der Waals surface area contributed by atoms with Crippen LogP contribution in [0.4, 0.5) is 0 Å². The van der Waals surface area contributed by atoms with E-state index in [1.807, 2.05) is 29.2 Å². The van der Waals surface area contributed by atoms with Crippen molar-refractivity contribution in [2.75, 3.05) is 27.2 Å². The van der Waals surface area contributed by atoms with Gasteiger partial charge in [0, 0.05) is 55.9 Å². The lowest BCUT2D eigenvalue weighted by Crippen LogP contribution is -2.35. The van der Waals surface area contributed by atoms with E-state index in [0.29, 0.717) is 30.1 Å². The molecule has 1 unspecified atom stereocenters. The van der Waals surface area contributed by atoms with Gasteiger partial charge < -0.3 is 14.5 Å². The average molecular weight is 443 g/mol. The summed E-state index contributed by atoms with van der Waals surface area (Å²) in [5.41, 5.74) is 4.88. The number of rotatable bonds is 8. The normalized spacial score (nSPS) is 19.1. The first-order valence-corrected chi connectivity index (χ1v) is 11.7. The molecule has 0 spiro atoms. The van der Waals surface area contributed by atoms with E-state index in [9.17, 15) is 4.79 Å². The van der Waals surface area contributed by atoms with Gasteiger partial charge in [-0.25, -0.2) is 4.98 Å². The van der Waals surface area contributed by atoms with Crippen LogP contribution in [-0.4, -0.2) is 59.0 Å². The molecule has 0 bridgehead atoms. The second-order valence-corrected chi connectivity index (χ2v) is 9.05. The van der Waals surface area contributed by atoms with Gasteiger partial charge in [0.1, 0.15) is 5.69 Å². The van der Waals surface area contributed by atoms with Gasteiger partial charge in [-0.05, 0) is 54.9 Å². The summed E-state index contributed by atoms with van der Waals surface area (Å²) in [6, 6.07) is 7.97. The van der Waals surface area contributed by atoms with E-state index in [1.54, 1.807) is 19.5 Å². The minimum Gasteiger partial charge on any atom is -0.481 e. The summed E-state index contributed by atoms with van der Waals surface area (Å²) in [5.74, 6) is 1.15. The van der Waals surface area contributed by atoms with Crippen LogP contribution in [0.3, 0.4) is 0 Å². The maximum Gasteiger partial charge on any atom is 0.273 e. The van der Waals surface area contributed by atoms with Crippen LogP contribution in [0, 0.1) is 5.92 Å². The van der Waals surface area contributed by atoms with Gasteiger partial charge in [0.2, 0.25) is 5.88 Å². The lowest BCUT2D eigenvalue weighted by molar-refractivity contribution is 0.0744. The van der Waals surface area contributed by atoms with Crippen LogP contribution in [0.5, 0.6) is 5.88 Å². The number of hydrogen-bond acceptors (Lipinski definition) is 5. The van der Waals surface area contributed by atoms with Crippen LogP contribution in [0.15, 0.2) is 72.2 Å². The Morgan fingerprint density at radius 2 is 2.12 bits per heavy atom. The molecule has 5 rings (SSSR count). The summed E-state index contributed by atoms with van der Waals surface area (Å²) in [6.07, 6.45) is 16.6. The summed E-state index contributed by atoms with van der Waals surface area (Å²) < 4.78 is 5.18. The number of carbonyl (C=O) groups is 1. The molecule has 1 saturated carbocycles. The Balaban J connectivity index is 1.37. The van der Waals surface area contributed by atoms with Crippen molar-refractivity contribution in [3.05, 3.63) is 77.9 Å². The van der Waals surface area contributed by atoms with Gasteiger partial charge in [-0.3, -0.25) is 9.78 Å². The molecule has 0 aromatic carbocycles. The average Bonchev–Trinajstić information content (AvgIpc) is 3.63. The Bertz CT molecular complexity index is 1120. The van der Waals surface area contributed by atoms with Crippen molar-refractivity contribution in [2.24, 2.45) is 5.92 Å². The molecule has 2 aromatic heterocycles. The third-order valence-corrected chi connectivity index (χ3v) is 6.73. The van der Waals surface area contributed by atoms with E-state index >= 15 is 0 Å². The minimum absolute atomic E-state index is 0.00524. The first-order chi connectivity index (χ1) is 16.1. The largest absolute Gasteiger partial charge is 0.481 e. The molecule has 2 aromatic rings. The van der Waals surface area contributed by atoms with E-state index in [1.165, 1.54) is 24.0 Å². The van der Waals surface area contributed by atoms with Gasteiger partial charge in [0.25, 0.3) is 5.91 Å². The number of pyridine rings is 2. The van der Waals surface area contributed by atoms with Gasteiger partial charge in [-0.1, -0.05) is 24.3 Å². The lowest BCUT2D eigenvalue weighted by atomic mass is 9.94. The van der Waals surface area contributed by atoms with Gasteiger partial charge in [-0.2, -0.15) is 0 Å². The number of nitrogens with zero attached hydrogens (tertiary/aromatic N) is 4. The molecule has 0 saturated heterocycles. The first-order valence-electron chi connectivity index (χ1n) is 11.7. The van der Waals surface area contributed by atoms with E-state index in [4.69, 9.17) is 4.74 Å². The Kier molecular flexibility index (Phi) is 5.99. The third-order valence-electron chi connectivity index (χ3n) is 6.73. The quantitative estimate of drug-likeness (QED) is 0.603. The summed E-state index contributed by atoms with van der Waals surface area (Å²) >= 11 is 0. The Morgan fingerprint density at radius 3 is 2.88 bits per heavy atom. The number of carbonyl (C=O) groups excluding carboxylic acids is 1. The van der Waals surface area contributed by atoms with Gasteiger partial charge >= 0.3 is 0 Å². The molecule has 0 N–H and O–H groups in total. The zero-order valence-corrected chi connectivity index (χ0v) is 19.3. The van der Waals surface area contributed by atoms with Crippen LogP contribution >= 0.6 is 0 Å². The molecular formula is C27H30N4O2. The van der Waals surface area contributed by atoms with Gasteiger partial charge in [0.05, 0.1) is 13.2 Å². The zero-order chi connectivity index (χ0) is 22.8. The predicted molar refractivity (Wildman–Crippen MR) is 129 cm³/mol. The second-order valence-electron chi connectivity index (χ2n) is 9.05. The van der Waals surface area contributed by atoms with Crippen LogP contribution in [0.1, 0.15) is 36.2 Å². The van der Waals surface area contributed by atoms with Crippen molar-refractivity contribution in [1.29, 1.82) is 0 Å². The van der Waals surface area contributed by atoms with E-state index < -0.39 is 0 Å². The third kappa shape index (κ3) is 4.56. The van der Waals surface area contributed by atoms with Crippen molar-refractivity contribution in [3.8, 4) is 17.0 Å². The smallest absolute Gasteiger partial charge is 0.273 e. The van der Waals surface area contributed by atoms with Gasteiger partial charge in [0.15, 0.2) is 0 Å². The molecule has 6 heteroatoms. The number of likely N-dealkylation sites (N-methyl/N-ethyl adjacent to an activating group) is 1. The topological polar surface area (TPSA) is 58.6 Å². The summed E-state index contributed by atoms with van der Waals surface area (Å²) in [5, 5.41) is 0. The maximum atomic E-state index is 13.7. The van der Waals surface area contributed by atoms with Crippen molar-refractivity contribution in [1.82, 2.24) is 19.8 Å². The summed E-state index contributed by atoms with van der Waals surface area (Å²) in [7, 11) is 3.73. The van der Waals surface area contributed by atoms with E-state index in [2.05, 4.69) is 46.3 Å². The van der Waals surface area contributed by atoms with Gasteiger partial charge in [-0.15, -0.1) is 0 Å². The zero-order valence-electron chi connectivity index (χ0n) is 19.3. The molecule has 1 aliphatic heterocycles. The molecule has 33 heavy (non-hydrogen) atoms. The standard InChI is InChI=1S/C27H30N4O2/c1-30-18-21(22-6-3-4-8-24(22)30)13-15-31(17-19-9-10-19)27(32)26-23(7-5-14-28-26)20-11-12-25(33-2)29-16-20/h3-7,11-12,14,16,18-19,24H,8-10,13,15,17H2,1-2H3. The summed E-state index contributed by atoms with van der Waals surface area (Å²) in [6.45, 7) is 1.49. The molecule has 3 heterocycles. The number of aromatic nitrogens is 2. The van der Waals surface area contributed by atoms with Crippen molar-refractivity contribution in [2.45, 2.75) is 31.7 Å². The number of amides is 1. The van der Waals surface area contributed by atoms with E-state index in [0.717, 1.165) is 30.5 Å². The first kappa shape index (κ1) is 21.4. The highest BCUT2D eigenvalue weighted by atomic mass is 16.5. The SMILES string of the molecule is COc1ccc(-c2cccnc2C(=O)N(CCC2=CN(C)C3CC=CC=C23)CC2CC2)cn1. The maximum absolute atomic E-state index is 13.7.